The number of carbonyl (C=O) groups excluding carboxylic acids is 1. The standard InChI is InChI=1S/C20H24N4O2/c1-21-20(22-13-15-7-6-10-18(11-15)26-2)23-16-12-19(25)24(14-16)17-8-4-3-5-9-17/h3-11,16H,12-14H2,1-2H3,(H2,21,22,23). The summed E-state index contributed by atoms with van der Waals surface area (Å²) >= 11 is 0. The van der Waals surface area contributed by atoms with Gasteiger partial charge in [-0.2, -0.15) is 0 Å². The topological polar surface area (TPSA) is 66.0 Å². The number of hydrogen-bond donors (Lipinski definition) is 2. The Morgan fingerprint density at radius 2 is 2.04 bits per heavy atom. The molecule has 1 aliphatic rings. The van der Waals surface area contributed by atoms with Crippen LogP contribution in [0.15, 0.2) is 59.6 Å². The Morgan fingerprint density at radius 3 is 2.77 bits per heavy atom. The minimum absolute atomic E-state index is 0.0271. The highest BCUT2D eigenvalue weighted by Crippen LogP contribution is 2.21. The van der Waals surface area contributed by atoms with Gasteiger partial charge in [-0.3, -0.25) is 9.79 Å². The van der Waals surface area contributed by atoms with Crippen molar-refractivity contribution in [3.8, 4) is 5.75 Å². The molecular formula is C20H24N4O2. The van der Waals surface area contributed by atoms with E-state index in [1.165, 1.54) is 0 Å². The lowest BCUT2D eigenvalue weighted by molar-refractivity contribution is -0.117. The molecule has 1 amide bonds. The summed E-state index contributed by atoms with van der Waals surface area (Å²) in [5.74, 6) is 1.63. The zero-order chi connectivity index (χ0) is 18.4. The number of benzene rings is 2. The van der Waals surface area contributed by atoms with Gasteiger partial charge >= 0.3 is 0 Å². The molecule has 26 heavy (non-hydrogen) atoms. The number of methoxy groups -OCH3 is 1. The Labute approximate surface area is 153 Å². The molecule has 0 saturated carbocycles. The lowest BCUT2D eigenvalue weighted by atomic mass is 10.2. The second-order valence-corrected chi connectivity index (χ2v) is 6.16. The number of para-hydroxylation sites is 1. The first kappa shape index (κ1) is 17.8. The quantitative estimate of drug-likeness (QED) is 0.639. The van der Waals surface area contributed by atoms with Crippen LogP contribution in [-0.4, -0.2) is 38.6 Å². The first-order valence-corrected chi connectivity index (χ1v) is 8.65. The van der Waals surface area contributed by atoms with Crippen LogP contribution in [0.2, 0.25) is 0 Å². The Kier molecular flexibility index (Phi) is 5.73. The van der Waals surface area contributed by atoms with Gasteiger partial charge in [-0.15, -0.1) is 0 Å². The fourth-order valence-corrected chi connectivity index (χ4v) is 3.02. The number of hydrogen-bond acceptors (Lipinski definition) is 3. The normalized spacial score (nSPS) is 17.3. The summed E-state index contributed by atoms with van der Waals surface area (Å²) in [4.78, 5) is 18.4. The second kappa shape index (κ2) is 8.38. The van der Waals surface area contributed by atoms with Crippen molar-refractivity contribution in [2.24, 2.45) is 4.99 Å². The molecule has 0 aromatic heterocycles. The minimum Gasteiger partial charge on any atom is -0.497 e. The molecular weight excluding hydrogens is 328 g/mol. The number of amides is 1. The van der Waals surface area contributed by atoms with Gasteiger partial charge in [0.25, 0.3) is 0 Å². The maximum absolute atomic E-state index is 12.3. The van der Waals surface area contributed by atoms with Crippen molar-refractivity contribution in [1.29, 1.82) is 0 Å². The van der Waals surface area contributed by atoms with Gasteiger partial charge in [0.05, 0.1) is 13.2 Å². The molecule has 0 radical (unpaired) electrons. The number of nitrogens with zero attached hydrogens (tertiary/aromatic N) is 2. The first-order chi connectivity index (χ1) is 12.7. The fraction of sp³-hybridized carbons (Fsp3) is 0.300. The van der Waals surface area contributed by atoms with E-state index < -0.39 is 0 Å². The van der Waals surface area contributed by atoms with Gasteiger partial charge in [-0.25, -0.2) is 0 Å². The molecule has 2 aromatic rings. The molecule has 6 nitrogen and oxygen atoms in total. The van der Waals surface area contributed by atoms with Gasteiger partial charge in [0.1, 0.15) is 5.75 Å². The molecule has 2 N–H and O–H groups in total. The molecule has 0 spiro atoms. The van der Waals surface area contributed by atoms with Gasteiger partial charge in [-0.05, 0) is 29.8 Å². The zero-order valence-corrected chi connectivity index (χ0v) is 15.1. The van der Waals surface area contributed by atoms with Crippen molar-refractivity contribution in [1.82, 2.24) is 10.6 Å². The zero-order valence-electron chi connectivity index (χ0n) is 15.1. The molecule has 1 atom stereocenters. The van der Waals surface area contributed by atoms with E-state index in [1.54, 1.807) is 14.2 Å². The van der Waals surface area contributed by atoms with E-state index in [-0.39, 0.29) is 11.9 Å². The Morgan fingerprint density at radius 1 is 1.23 bits per heavy atom. The molecule has 6 heteroatoms. The van der Waals surface area contributed by atoms with Gasteiger partial charge in [0.2, 0.25) is 5.91 Å². The Hall–Kier alpha value is -3.02. The summed E-state index contributed by atoms with van der Waals surface area (Å²) in [6, 6.07) is 17.7. The summed E-state index contributed by atoms with van der Waals surface area (Å²) in [5, 5.41) is 6.63. The van der Waals surface area contributed by atoms with Gasteiger partial charge in [0.15, 0.2) is 5.96 Å². The summed E-state index contributed by atoms with van der Waals surface area (Å²) in [6.45, 7) is 1.25. The first-order valence-electron chi connectivity index (χ1n) is 8.65. The average Bonchev–Trinajstić information content (AvgIpc) is 3.06. The van der Waals surface area contributed by atoms with E-state index in [0.717, 1.165) is 17.0 Å². The van der Waals surface area contributed by atoms with Crippen LogP contribution in [0.1, 0.15) is 12.0 Å². The van der Waals surface area contributed by atoms with Crippen LogP contribution >= 0.6 is 0 Å². The molecule has 2 aromatic carbocycles. The predicted octanol–water partition coefficient (Wildman–Crippen LogP) is 2.17. The Balaban J connectivity index is 1.56. The fourth-order valence-electron chi connectivity index (χ4n) is 3.02. The highest BCUT2D eigenvalue weighted by molar-refractivity contribution is 5.97. The lowest BCUT2D eigenvalue weighted by Crippen LogP contribution is -2.44. The number of aliphatic imine (C=N–C) groups is 1. The number of guanidine groups is 1. The molecule has 0 bridgehead atoms. The molecule has 1 aliphatic heterocycles. The van der Waals surface area contributed by atoms with Crippen molar-refractivity contribution in [2.75, 3.05) is 25.6 Å². The van der Waals surface area contributed by atoms with Crippen molar-refractivity contribution in [2.45, 2.75) is 19.0 Å². The molecule has 136 valence electrons. The number of nitrogens with one attached hydrogen (secondary N) is 2. The van der Waals surface area contributed by atoms with E-state index in [1.807, 2.05) is 59.5 Å². The van der Waals surface area contributed by atoms with E-state index >= 15 is 0 Å². The van der Waals surface area contributed by atoms with E-state index in [9.17, 15) is 4.79 Å². The highest BCUT2D eigenvalue weighted by Gasteiger charge is 2.30. The van der Waals surface area contributed by atoms with Crippen LogP contribution in [0.3, 0.4) is 0 Å². The smallest absolute Gasteiger partial charge is 0.229 e. The third-order valence-corrected chi connectivity index (χ3v) is 4.35. The van der Waals surface area contributed by atoms with Gasteiger partial charge < -0.3 is 20.3 Å². The largest absolute Gasteiger partial charge is 0.497 e. The molecule has 1 fully saturated rings. The lowest BCUT2D eigenvalue weighted by Gasteiger charge is -2.19. The molecule has 3 rings (SSSR count). The third kappa shape index (κ3) is 4.33. The SMILES string of the molecule is CN=C(NCc1cccc(OC)c1)NC1CC(=O)N(c2ccccc2)C1. The van der Waals surface area contributed by atoms with Crippen LogP contribution in [0, 0.1) is 0 Å². The number of ether oxygens (including phenoxy) is 1. The van der Waals surface area contributed by atoms with Gasteiger partial charge in [-0.1, -0.05) is 30.3 Å². The summed E-state index contributed by atoms with van der Waals surface area (Å²) in [6.07, 6.45) is 0.453. The summed E-state index contributed by atoms with van der Waals surface area (Å²) in [7, 11) is 3.38. The van der Waals surface area contributed by atoms with Crippen LogP contribution < -0.4 is 20.3 Å². The second-order valence-electron chi connectivity index (χ2n) is 6.16. The van der Waals surface area contributed by atoms with E-state index in [4.69, 9.17) is 4.74 Å². The molecule has 0 aliphatic carbocycles. The van der Waals surface area contributed by atoms with Crippen molar-refractivity contribution in [3.05, 3.63) is 60.2 Å². The summed E-state index contributed by atoms with van der Waals surface area (Å²) in [5.41, 5.74) is 2.03. The summed E-state index contributed by atoms with van der Waals surface area (Å²) < 4.78 is 5.24. The Bertz CT molecular complexity index is 776. The van der Waals surface area contributed by atoms with E-state index in [2.05, 4.69) is 15.6 Å². The van der Waals surface area contributed by atoms with Crippen molar-refractivity contribution < 1.29 is 9.53 Å². The average molecular weight is 352 g/mol. The molecule has 1 unspecified atom stereocenters. The maximum Gasteiger partial charge on any atom is 0.229 e. The van der Waals surface area contributed by atoms with Crippen molar-refractivity contribution in [3.63, 3.8) is 0 Å². The van der Waals surface area contributed by atoms with Gasteiger partial charge in [0, 0.05) is 32.2 Å². The highest BCUT2D eigenvalue weighted by atomic mass is 16.5. The third-order valence-electron chi connectivity index (χ3n) is 4.35. The predicted molar refractivity (Wildman–Crippen MR) is 104 cm³/mol. The maximum atomic E-state index is 12.3. The van der Waals surface area contributed by atoms with Crippen LogP contribution in [0.5, 0.6) is 5.75 Å². The van der Waals surface area contributed by atoms with Crippen molar-refractivity contribution >= 4 is 17.6 Å². The minimum atomic E-state index is 0.0271. The molecule has 1 saturated heterocycles. The monoisotopic (exact) mass is 352 g/mol. The van der Waals surface area contributed by atoms with Crippen LogP contribution in [0.4, 0.5) is 5.69 Å². The molecule has 1 heterocycles. The number of anilines is 1. The van der Waals surface area contributed by atoms with E-state index in [0.29, 0.717) is 25.5 Å². The van der Waals surface area contributed by atoms with Crippen LogP contribution in [-0.2, 0) is 11.3 Å². The number of carbonyl (C=O) groups is 1. The number of rotatable bonds is 5. The van der Waals surface area contributed by atoms with Crippen LogP contribution in [0.25, 0.3) is 0 Å².